The number of amides is 1. The van der Waals surface area contributed by atoms with Crippen LogP contribution < -0.4 is 30.0 Å². The number of fused-ring (bicyclic) bond motifs is 1. The number of aromatic nitrogens is 2. The van der Waals surface area contributed by atoms with Crippen molar-refractivity contribution in [1.29, 1.82) is 0 Å². The second-order valence-corrected chi connectivity index (χ2v) is 8.65. The van der Waals surface area contributed by atoms with E-state index in [2.05, 4.69) is 20.2 Å². The van der Waals surface area contributed by atoms with Crippen LogP contribution in [0.1, 0.15) is 0 Å². The first-order valence-corrected chi connectivity index (χ1v) is 12.2. The van der Waals surface area contributed by atoms with E-state index in [1.54, 1.807) is 36.4 Å². The van der Waals surface area contributed by atoms with Crippen molar-refractivity contribution >= 4 is 28.2 Å². The Labute approximate surface area is 219 Å². The van der Waals surface area contributed by atoms with Gasteiger partial charge in [0, 0.05) is 42.2 Å². The number of H-pyrrole nitrogens is 1. The lowest BCUT2D eigenvalue weighted by molar-refractivity contribution is -0.118. The summed E-state index contributed by atoms with van der Waals surface area (Å²) in [6.07, 6.45) is 0. The molecule has 1 aliphatic heterocycles. The minimum Gasteiger partial charge on any atom is -0.497 e. The Bertz CT molecular complexity index is 1480. The molecule has 0 radical (unpaired) electrons. The molecule has 3 aromatic carbocycles. The second-order valence-electron chi connectivity index (χ2n) is 8.65. The zero-order chi connectivity index (χ0) is 26.5. The van der Waals surface area contributed by atoms with E-state index in [1.165, 1.54) is 14.2 Å². The van der Waals surface area contributed by atoms with Crippen LogP contribution >= 0.6 is 0 Å². The molecule has 2 N–H and O–H groups in total. The summed E-state index contributed by atoms with van der Waals surface area (Å²) in [5.74, 6) is 1.56. The van der Waals surface area contributed by atoms with E-state index >= 15 is 0 Å². The van der Waals surface area contributed by atoms with E-state index in [-0.39, 0.29) is 18.1 Å². The summed E-state index contributed by atoms with van der Waals surface area (Å²) in [4.78, 5) is 34.8. The third-order valence-electron chi connectivity index (χ3n) is 6.23. The predicted octanol–water partition coefficient (Wildman–Crippen LogP) is 3.46. The van der Waals surface area contributed by atoms with Gasteiger partial charge >= 0.3 is 0 Å². The Hall–Kier alpha value is -4.57. The molecule has 10 nitrogen and oxygen atoms in total. The summed E-state index contributed by atoms with van der Waals surface area (Å²) in [5, 5.41) is 3.19. The van der Waals surface area contributed by atoms with Crippen LogP contribution in [-0.2, 0) is 9.53 Å². The van der Waals surface area contributed by atoms with Crippen LogP contribution in [0.2, 0.25) is 0 Å². The first kappa shape index (κ1) is 25.1. The van der Waals surface area contributed by atoms with E-state index in [1.807, 2.05) is 24.3 Å². The maximum Gasteiger partial charge on any atom is 0.262 e. The van der Waals surface area contributed by atoms with E-state index < -0.39 is 0 Å². The highest BCUT2D eigenvalue weighted by molar-refractivity contribution is 5.92. The van der Waals surface area contributed by atoms with E-state index in [9.17, 15) is 9.59 Å². The summed E-state index contributed by atoms with van der Waals surface area (Å²) in [6.45, 7) is 3.01. The quantitative estimate of drug-likeness (QED) is 0.366. The highest BCUT2D eigenvalue weighted by Gasteiger charge is 2.14. The van der Waals surface area contributed by atoms with E-state index in [4.69, 9.17) is 18.9 Å². The minimum absolute atomic E-state index is 0.144. The monoisotopic (exact) mass is 516 g/mol. The number of hydrogen-bond donors (Lipinski definition) is 2. The maximum absolute atomic E-state index is 12.8. The summed E-state index contributed by atoms with van der Waals surface area (Å²) in [5.41, 5.74) is 2.62. The van der Waals surface area contributed by atoms with Crippen LogP contribution in [-0.4, -0.2) is 63.0 Å². The first-order chi connectivity index (χ1) is 18.5. The number of carbonyl (C=O) groups excluding carboxylic acids is 1. The predicted molar refractivity (Wildman–Crippen MR) is 145 cm³/mol. The summed E-state index contributed by atoms with van der Waals surface area (Å²) in [6, 6.07) is 18.0. The fourth-order valence-electron chi connectivity index (χ4n) is 4.26. The molecule has 4 aromatic rings. The third-order valence-corrected chi connectivity index (χ3v) is 6.23. The van der Waals surface area contributed by atoms with Crippen molar-refractivity contribution in [2.75, 3.05) is 57.3 Å². The van der Waals surface area contributed by atoms with Crippen molar-refractivity contribution in [1.82, 2.24) is 9.97 Å². The van der Waals surface area contributed by atoms with Gasteiger partial charge in [0.15, 0.2) is 6.61 Å². The van der Waals surface area contributed by atoms with Gasteiger partial charge in [0.25, 0.3) is 11.5 Å². The maximum atomic E-state index is 12.8. The van der Waals surface area contributed by atoms with Gasteiger partial charge in [-0.25, -0.2) is 4.98 Å². The van der Waals surface area contributed by atoms with Gasteiger partial charge in [0.2, 0.25) is 0 Å². The molecule has 1 aliphatic rings. The molecule has 0 spiro atoms. The highest BCUT2D eigenvalue weighted by Crippen LogP contribution is 2.29. The van der Waals surface area contributed by atoms with Gasteiger partial charge in [-0.05, 0) is 48.5 Å². The molecule has 5 rings (SSSR count). The number of rotatable bonds is 8. The number of anilines is 2. The van der Waals surface area contributed by atoms with Gasteiger partial charge in [0.1, 0.15) is 28.5 Å². The molecule has 1 amide bonds. The molecule has 1 fully saturated rings. The number of benzene rings is 3. The van der Waals surface area contributed by atoms with Crippen LogP contribution in [0.15, 0.2) is 65.5 Å². The molecule has 1 saturated heterocycles. The number of morpholine rings is 1. The number of nitrogens with one attached hydrogen (secondary N) is 2. The molecule has 196 valence electrons. The van der Waals surface area contributed by atoms with Crippen LogP contribution in [0.5, 0.6) is 17.2 Å². The van der Waals surface area contributed by atoms with Crippen LogP contribution in [0.25, 0.3) is 22.3 Å². The molecule has 0 bridgehead atoms. The molecular weight excluding hydrogens is 488 g/mol. The summed E-state index contributed by atoms with van der Waals surface area (Å²) >= 11 is 0. The first-order valence-electron chi connectivity index (χ1n) is 12.2. The van der Waals surface area contributed by atoms with Gasteiger partial charge in [-0.3, -0.25) is 9.59 Å². The Morgan fingerprint density at radius 2 is 1.74 bits per heavy atom. The van der Waals surface area contributed by atoms with Gasteiger partial charge in [0.05, 0.1) is 33.0 Å². The topological polar surface area (TPSA) is 115 Å². The van der Waals surface area contributed by atoms with Crippen molar-refractivity contribution < 1.29 is 23.7 Å². The van der Waals surface area contributed by atoms with Gasteiger partial charge in [-0.2, -0.15) is 0 Å². The SMILES string of the molecule is COc1cc(OC)c2c(=O)[nH]c(-c3ccc(OCC(=O)Nc4ccc(N5CCOCC5)cc4)cc3)nc2c1. The average molecular weight is 517 g/mol. The molecule has 38 heavy (non-hydrogen) atoms. The molecule has 0 atom stereocenters. The smallest absolute Gasteiger partial charge is 0.262 e. The molecule has 10 heteroatoms. The summed E-state index contributed by atoms with van der Waals surface area (Å²) < 4.78 is 21.7. The van der Waals surface area contributed by atoms with Crippen molar-refractivity contribution in [2.24, 2.45) is 0 Å². The third kappa shape index (κ3) is 5.55. The molecule has 0 aliphatic carbocycles. The number of ether oxygens (including phenoxy) is 4. The Morgan fingerprint density at radius 3 is 2.42 bits per heavy atom. The fraction of sp³-hybridized carbons (Fsp3) is 0.250. The zero-order valence-electron chi connectivity index (χ0n) is 21.2. The molecule has 0 saturated carbocycles. The number of hydrogen-bond acceptors (Lipinski definition) is 8. The molecule has 1 aromatic heterocycles. The lowest BCUT2D eigenvalue weighted by Gasteiger charge is -2.28. The second kappa shape index (κ2) is 11.2. The standard InChI is InChI=1S/C28H28N4O6/c1-35-22-15-23-26(24(16-22)36-2)28(34)31-27(30-23)18-3-9-21(10-4-18)38-17-25(33)29-19-5-7-20(8-6-19)32-11-13-37-14-12-32/h3-10,15-16H,11-14,17H2,1-2H3,(H,29,33)(H,30,31,34). The Morgan fingerprint density at radius 1 is 1.00 bits per heavy atom. The Kier molecular flexibility index (Phi) is 7.41. The fourth-order valence-corrected chi connectivity index (χ4v) is 4.26. The summed E-state index contributed by atoms with van der Waals surface area (Å²) in [7, 11) is 3.03. The van der Waals surface area contributed by atoms with Gasteiger partial charge < -0.3 is 34.1 Å². The number of carbonyl (C=O) groups is 1. The van der Waals surface area contributed by atoms with Crippen molar-refractivity contribution in [3.8, 4) is 28.6 Å². The lowest BCUT2D eigenvalue weighted by atomic mass is 10.1. The van der Waals surface area contributed by atoms with Crippen LogP contribution in [0.4, 0.5) is 11.4 Å². The average Bonchev–Trinajstić information content (AvgIpc) is 2.96. The normalized spacial score (nSPS) is 13.3. The minimum atomic E-state index is -0.320. The number of aromatic amines is 1. The van der Waals surface area contributed by atoms with Gasteiger partial charge in [-0.15, -0.1) is 0 Å². The highest BCUT2D eigenvalue weighted by atomic mass is 16.5. The zero-order valence-corrected chi connectivity index (χ0v) is 21.2. The van der Waals surface area contributed by atoms with Crippen molar-refractivity contribution in [3.05, 3.63) is 71.0 Å². The van der Waals surface area contributed by atoms with E-state index in [0.29, 0.717) is 45.2 Å². The molecule has 2 heterocycles. The van der Waals surface area contributed by atoms with Gasteiger partial charge in [-0.1, -0.05) is 0 Å². The van der Waals surface area contributed by atoms with E-state index in [0.717, 1.165) is 32.0 Å². The molecule has 0 unspecified atom stereocenters. The lowest BCUT2D eigenvalue weighted by Crippen LogP contribution is -2.36. The Balaban J connectivity index is 1.21. The van der Waals surface area contributed by atoms with Crippen LogP contribution in [0, 0.1) is 0 Å². The largest absolute Gasteiger partial charge is 0.497 e. The van der Waals surface area contributed by atoms with Crippen molar-refractivity contribution in [3.63, 3.8) is 0 Å². The number of nitrogens with zero attached hydrogens (tertiary/aromatic N) is 2. The molecular formula is C28H28N4O6. The van der Waals surface area contributed by atoms with Crippen molar-refractivity contribution in [2.45, 2.75) is 0 Å². The van der Waals surface area contributed by atoms with Crippen LogP contribution in [0.3, 0.4) is 0 Å². The number of methoxy groups -OCH3 is 2.